The fourth-order valence-corrected chi connectivity index (χ4v) is 1.44. The lowest BCUT2D eigenvalue weighted by atomic mass is 10.1. The number of aromatic nitrogens is 2. The summed E-state index contributed by atoms with van der Waals surface area (Å²) in [6.45, 7) is 0. The zero-order chi connectivity index (χ0) is 11.5. The van der Waals surface area contributed by atoms with Gasteiger partial charge in [-0.25, -0.2) is 4.39 Å². The molecule has 82 valence electrons. The largest absolute Gasteiger partial charge is 0.496 e. The van der Waals surface area contributed by atoms with Crippen LogP contribution >= 0.6 is 11.6 Å². The molecule has 0 fully saturated rings. The summed E-state index contributed by atoms with van der Waals surface area (Å²) in [5.41, 5.74) is 1.06. The van der Waals surface area contributed by atoms with Gasteiger partial charge in [0.15, 0.2) is 5.15 Å². The SMILES string of the molecule is COc1ccc(F)cc1-c1ccc(Cl)nn1. The molecule has 0 aliphatic rings. The number of benzene rings is 1. The molecule has 0 N–H and O–H groups in total. The second-order valence-electron chi connectivity index (χ2n) is 3.09. The highest BCUT2D eigenvalue weighted by atomic mass is 35.5. The summed E-state index contributed by atoms with van der Waals surface area (Å²) in [5.74, 6) is 0.186. The van der Waals surface area contributed by atoms with E-state index in [-0.39, 0.29) is 5.82 Å². The van der Waals surface area contributed by atoms with Crippen molar-refractivity contribution in [2.24, 2.45) is 0 Å². The van der Waals surface area contributed by atoms with Gasteiger partial charge in [0.2, 0.25) is 0 Å². The zero-order valence-corrected chi connectivity index (χ0v) is 9.20. The first-order valence-electron chi connectivity index (χ1n) is 4.54. The average Bonchev–Trinajstić information content (AvgIpc) is 2.30. The van der Waals surface area contributed by atoms with Crippen LogP contribution in [-0.2, 0) is 0 Å². The van der Waals surface area contributed by atoms with E-state index < -0.39 is 0 Å². The van der Waals surface area contributed by atoms with Crippen LogP contribution in [0.5, 0.6) is 5.75 Å². The standard InChI is InChI=1S/C11H8ClFN2O/c1-16-10-4-2-7(13)6-8(10)9-3-5-11(12)15-14-9/h2-6H,1H3. The number of hydrogen-bond donors (Lipinski definition) is 0. The molecule has 0 spiro atoms. The normalized spacial score (nSPS) is 10.2. The average molecular weight is 239 g/mol. The maximum Gasteiger partial charge on any atom is 0.151 e. The fraction of sp³-hybridized carbons (Fsp3) is 0.0909. The second-order valence-corrected chi connectivity index (χ2v) is 3.47. The minimum Gasteiger partial charge on any atom is -0.496 e. The Labute approximate surface area is 96.8 Å². The zero-order valence-electron chi connectivity index (χ0n) is 8.45. The van der Waals surface area contributed by atoms with Crippen LogP contribution in [0.3, 0.4) is 0 Å². The van der Waals surface area contributed by atoms with E-state index in [0.717, 1.165) is 0 Å². The van der Waals surface area contributed by atoms with Crippen molar-refractivity contribution < 1.29 is 9.13 Å². The number of nitrogens with zero attached hydrogens (tertiary/aromatic N) is 2. The lowest BCUT2D eigenvalue weighted by Crippen LogP contribution is -1.92. The van der Waals surface area contributed by atoms with E-state index in [4.69, 9.17) is 16.3 Å². The molecule has 3 nitrogen and oxygen atoms in total. The van der Waals surface area contributed by atoms with Gasteiger partial charge >= 0.3 is 0 Å². The lowest BCUT2D eigenvalue weighted by molar-refractivity contribution is 0.415. The third-order valence-electron chi connectivity index (χ3n) is 2.07. The predicted molar refractivity (Wildman–Crippen MR) is 59.0 cm³/mol. The third-order valence-corrected chi connectivity index (χ3v) is 2.27. The van der Waals surface area contributed by atoms with Gasteiger partial charge in [0.1, 0.15) is 11.6 Å². The lowest BCUT2D eigenvalue weighted by Gasteiger charge is -2.07. The highest BCUT2D eigenvalue weighted by molar-refractivity contribution is 6.29. The fourth-order valence-electron chi connectivity index (χ4n) is 1.34. The van der Waals surface area contributed by atoms with E-state index in [0.29, 0.717) is 22.2 Å². The van der Waals surface area contributed by atoms with E-state index in [1.807, 2.05) is 0 Å². The van der Waals surface area contributed by atoms with Crippen LogP contribution < -0.4 is 4.74 Å². The van der Waals surface area contributed by atoms with Gasteiger partial charge in [0.25, 0.3) is 0 Å². The molecule has 0 aliphatic heterocycles. The van der Waals surface area contributed by atoms with Crippen LogP contribution in [0.4, 0.5) is 4.39 Å². The van der Waals surface area contributed by atoms with Crippen LogP contribution in [0.1, 0.15) is 0 Å². The molecule has 0 radical (unpaired) electrons. The molecule has 5 heteroatoms. The van der Waals surface area contributed by atoms with Crippen LogP contribution in [0.15, 0.2) is 30.3 Å². The van der Waals surface area contributed by atoms with Gasteiger partial charge in [-0.05, 0) is 30.3 Å². The Morgan fingerprint density at radius 2 is 2.00 bits per heavy atom. The first-order valence-corrected chi connectivity index (χ1v) is 4.91. The summed E-state index contributed by atoms with van der Waals surface area (Å²) >= 11 is 5.63. The van der Waals surface area contributed by atoms with Crippen molar-refractivity contribution in [2.75, 3.05) is 7.11 Å². The van der Waals surface area contributed by atoms with Gasteiger partial charge in [-0.3, -0.25) is 0 Å². The molecule has 1 aromatic carbocycles. The van der Waals surface area contributed by atoms with Gasteiger partial charge in [-0.1, -0.05) is 11.6 Å². The smallest absolute Gasteiger partial charge is 0.151 e. The highest BCUT2D eigenvalue weighted by Crippen LogP contribution is 2.28. The molecule has 0 aliphatic carbocycles. The summed E-state index contributed by atoms with van der Waals surface area (Å²) in [6, 6.07) is 7.46. The Bertz CT molecular complexity index is 502. The van der Waals surface area contributed by atoms with Gasteiger partial charge in [0.05, 0.1) is 12.8 Å². The summed E-state index contributed by atoms with van der Waals surface area (Å²) in [6.07, 6.45) is 0. The Kier molecular flexibility index (Phi) is 3.01. The van der Waals surface area contributed by atoms with Crippen molar-refractivity contribution >= 4 is 11.6 Å². The minimum absolute atomic E-state index is 0.291. The molecule has 0 saturated heterocycles. The van der Waals surface area contributed by atoms with Crippen molar-refractivity contribution in [3.63, 3.8) is 0 Å². The third kappa shape index (κ3) is 2.12. The summed E-state index contributed by atoms with van der Waals surface area (Å²) < 4.78 is 18.2. The maximum absolute atomic E-state index is 13.1. The molecule has 0 atom stereocenters. The van der Waals surface area contributed by atoms with Crippen LogP contribution in [-0.4, -0.2) is 17.3 Å². The van der Waals surface area contributed by atoms with Crippen molar-refractivity contribution in [2.45, 2.75) is 0 Å². The molecule has 1 heterocycles. The van der Waals surface area contributed by atoms with E-state index in [1.54, 1.807) is 18.2 Å². The van der Waals surface area contributed by atoms with Crippen molar-refractivity contribution in [1.29, 1.82) is 0 Å². The molecule has 2 aromatic rings. The van der Waals surface area contributed by atoms with Crippen LogP contribution in [0.25, 0.3) is 11.3 Å². The Hall–Kier alpha value is -1.68. The first-order chi connectivity index (χ1) is 7.70. The number of methoxy groups -OCH3 is 1. The number of rotatable bonds is 2. The van der Waals surface area contributed by atoms with Crippen molar-refractivity contribution in [3.8, 4) is 17.0 Å². The quantitative estimate of drug-likeness (QED) is 0.807. The summed E-state index contributed by atoms with van der Waals surface area (Å²) in [5, 5.41) is 7.86. The topological polar surface area (TPSA) is 35.0 Å². The van der Waals surface area contributed by atoms with Gasteiger partial charge in [0, 0.05) is 5.56 Å². The predicted octanol–water partition coefficient (Wildman–Crippen LogP) is 2.94. The molecule has 0 amide bonds. The van der Waals surface area contributed by atoms with Crippen LogP contribution in [0, 0.1) is 5.82 Å². The number of hydrogen-bond acceptors (Lipinski definition) is 3. The van der Waals surface area contributed by atoms with Gasteiger partial charge < -0.3 is 4.74 Å². The highest BCUT2D eigenvalue weighted by Gasteiger charge is 2.08. The molecule has 0 unspecified atom stereocenters. The van der Waals surface area contributed by atoms with E-state index in [9.17, 15) is 4.39 Å². The molecule has 16 heavy (non-hydrogen) atoms. The van der Waals surface area contributed by atoms with Crippen LogP contribution in [0.2, 0.25) is 5.15 Å². The molecule has 0 saturated carbocycles. The van der Waals surface area contributed by atoms with E-state index in [1.165, 1.54) is 19.2 Å². The van der Waals surface area contributed by atoms with E-state index in [2.05, 4.69) is 10.2 Å². The van der Waals surface area contributed by atoms with E-state index >= 15 is 0 Å². The summed E-state index contributed by atoms with van der Waals surface area (Å²) in [7, 11) is 1.51. The van der Waals surface area contributed by atoms with Gasteiger partial charge in [-0.15, -0.1) is 10.2 Å². The molecular weight excluding hydrogens is 231 g/mol. The molecule has 0 bridgehead atoms. The molecular formula is C11H8ClFN2O. The summed E-state index contributed by atoms with van der Waals surface area (Å²) in [4.78, 5) is 0. The Morgan fingerprint density at radius 1 is 1.19 bits per heavy atom. The second kappa shape index (κ2) is 4.45. The number of ether oxygens (including phenoxy) is 1. The Morgan fingerprint density at radius 3 is 2.62 bits per heavy atom. The maximum atomic E-state index is 13.1. The first kappa shape index (κ1) is 10.8. The minimum atomic E-state index is -0.354. The van der Waals surface area contributed by atoms with Crippen molar-refractivity contribution in [3.05, 3.63) is 41.3 Å². The van der Waals surface area contributed by atoms with Crippen molar-refractivity contribution in [1.82, 2.24) is 10.2 Å². The van der Waals surface area contributed by atoms with Gasteiger partial charge in [-0.2, -0.15) is 0 Å². The molecule has 2 rings (SSSR count). The molecule has 1 aromatic heterocycles. The number of halogens is 2. The Balaban J connectivity index is 2.53. The monoisotopic (exact) mass is 238 g/mol.